The van der Waals surface area contributed by atoms with Crippen molar-refractivity contribution in [1.82, 2.24) is 14.5 Å². The number of nitrogens with two attached hydrogens (primary N) is 1. The highest BCUT2D eigenvalue weighted by molar-refractivity contribution is 5.78. The predicted octanol–water partition coefficient (Wildman–Crippen LogP) is 2.94. The number of pyridine rings is 1. The molecular formula is C17H20N4O. The van der Waals surface area contributed by atoms with Crippen LogP contribution in [0.2, 0.25) is 0 Å². The lowest BCUT2D eigenvalue weighted by molar-refractivity contribution is 0.415. The molecule has 0 radical (unpaired) electrons. The van der Waals surface area contributed by atoms with E-state index in [9.17, 15) is 0 Å². The van der Waals surface area contributed by atoms with Crippen LogP contribution in [0.4, 0.5) is 0 Å². The third-order valence-corrected chi connectivity index (χ3v) is 3.80. The molecule has 3 rings (SSSR count). The van der Waals surface area contributed by atoms with E-state index < -0.39 is 0 Å². The summed E-state index contributed by atoms with van der Waals surface area (Å²) >= 11 is 0. The van der Waals surface area contributed by atoms with Crippen LogP contribution in [-0.2, 0) is 0 Å². The Hall–Kier alpha value is -2.40. The van der Waals surface area contributed by atoms with E-state index in [4.69, 9.17) is 15.5 Å². The van der Waals surface area contributed by atoms with Crippen LogP contribution in [-0.4, -0.2) is 28.2 Å². The maximum atomic E-state index is 5.88. The molecule has 5 heteroatoms. The van der Waals surface area contributed by atoms with Gasteiger partial charge in [-0.15, -0.1) is 0 Å². The van der Waals surface area contributed by atoms with Gasteiger partial charge in [-0.3, -0.25) is 0 Å². The van der Waals surface area contributed by atoms with Gasteiger partial charge >= 0.3 is 0 Å². The van der Waals surface area contributed by atoms with Crippen LogP contribution in [0.5, 0.6) is 5.75 Å². The van der Waals surface area contributed by atoms with Crippen molar-refractivity contribution in [1.29, 1.82) is 0 Å². The van der Waals surface area contributed by atoms with Crippen LogP contribution in [0.3, 0.4) is 0 Å². The van der Waals surface area contributed by atoms with E-state index in [1.165, 1.54) is 0 Å². The standard InChI is InChI=1S/C17H20N4O/c1-11-8-15-17(19-10-11)21(12(2)9-18)16(20-15)13-4-6-14(22-3)7-5-13/h4-8,10,12H,9,18H2,1-3H3. The third-order valence-electron chi connectivity index (χ3n) is 3.80. The second kappa shape index (κ2) is 5.77. The van der Waals surface area contributed by atoms with Crippen LogP contribution >= 0.6 is 0 Å². The monoisotopic (exact) mass is 296 g/mol. The molecule has 5 nitrogen and oxygen atoms in total. The Balaban J connectivity index is 2.22. The van der Waals surface area contributed by atoms with Gasteiger partial charge in [-0.25, -0.2) is 9.97 Å². The van der Waals surface area contributed by atoms with Crippen molar-refractivity contribution < 1.29 is 4.74 Å². The van der Waals surface area contributed by atoms with E-state index in [2.05, 4.69) is 22.5 Å². The Kier molecular flexibility index (Phi) is 3.81. The molecule has 1 atom stereocenters. The number of ether oxygens (including phenoxy) is 1. The molecule has 0 aliphatic rings. The summed E-state index contributed by atoms with van der Waals surface area (Å²) in [5, 5.41) is 0. The number of rotatable bonds is 4. The lowest BCUT2D eigenvalue weighted by Gasteiger charge is -2.15. The Morgan fingerprint density at radius 1 is 1.27 bits per heavy atom. The van der Waals surface area contributed by atoms with Crippen LogP contribution in [0, 0.1) is 6.92 Å². The molecule has 3 aromatic rings. The predicted molar refractivity (Wildman–Crippen MR) is 88.0 cm³/mol. The summed E-state index contributed by atoms with van der Waals surface area (Å²) in [6, 6.07) is 10.1. The molecule has 2 N–H and O–H groups in total. The van der Waals surface area contributed by atoms with Crippen LogP contribution in [0.25, 0.3) is 22.6 Å². The minimum Gasteiger partial charge on any atom is -0.497 e. The van der Waals surface area contributed by atoms with Crippen molar-refractivity contribution in [3.63, 3.8) is 0 Å². The number of methoxy groups -OCH3 is 1. The van der Waals surface area contributed by atoms with E-state index in [-0.39, 0.29) is 6.04 Å². The molecule has 0 saturated carbocycles. The van der Waals surface area contributed by atoms with Gasteiger partial charge < -0.3 is 15.0 Å². The summed E-state index contributed by atoms with van der Waals surface area (Å²) in [5.41, 5.74) is 9.77. The first-order valence-corrected chi connectivity index (χ1v) is 7.33. The smallest absolute Gasteiger partial charge is 0.160 e. The van der Waals surface area contributed by atoms with Gasteiger partial charge in [0.1, 0.15) is 17.1 Å². The highest BCUT2D eigenvalue weighted by Crippen LogP contribution is 2.28. The number of hydrogen-bond acceptors (Lipinski definition) is 4. The average Bonchev–Trinajstić information content (AvgIpc) is 2.92. The summed E-state index contributed by atoms with van der Waals surface area (Å²) in [6.07, 6.45) is 1.86. The molecule has 1 unspecified atom stereocenters. The molecule has 0 aliphatic carbocycles. The van der Waals surface area contributed by atoms with Gasteiger partial charge in [0.15, 0.2) is 5.65 Å². The van der Waals surface area contributed by atoms with Gasteiger partial charge in [0.05, 0.1) is 7.11 Å². The molecular weight excluding hydrogens is 276 g/mol. The fourth-order valence-electron chi connectivity index (χ4n) is 2.55. The second-order valence-corrected chi connectivity index (χ2v) is 5.47. The number of hydrogen-bond donors (Lipinski definition) is 1. The molecule has 2 aromatic heterocycles. The van der Waals surface area contributed by atoms with Crippen molar-refractivity contribution in [3.05, 3.63) is 42.1 Å². The normalized spacial score (nSPS) is 12.5. The summed E-state index contributed by atoms with van der Waals surface area (Å²) in [5.74, 6) is 1.71. The topological polar surface area (TPSA) is 66.0 Å². The quantitative estimate of drug-likeness (QED) is 0.804. The summed E-state index contributed by atoms with van der Waals surface area (Å²) < 4.78 is 7.33. The number of fused-ring (bicyclic) bond motifs is 1. The molecule has 0 fully saturated rings. The molecule has 0 aliphatic heterocycles. The molecule has 114 valence electrons. The fourth-order valence-corrected chi connectivity index (χ4v) is 2.55. The summed E-state index contributed by atoms with van der Waals surface area (Å²) in [6.45, 7) is 4.63. The maximum absolute atomic E-state index is 5.88. The zero-order valence-electron chi connectivity index (χ0n) is 13.1. The van der Waals surface area contributed by atoms with Gasteiger partial charge in [-0.2, -0.15) is 0 Å². The first kappa shape index (κ1) is 14.5. The number of aryl methyl sites for hydroxylation is 1. The second-order valence-electron chi connectivity index (χ2n) is 5.47. The van der Waals surface area contributed by atoms with Gasteiger partial charge in [-0.05, 0) is 49.7 Å². The lowest BCUT2D eigenvalue weighted by Crippen LogP contribution is -2.17. The zero-order chi connectivity index (χ0) is 15.7. The van der Waals surface area contributed by atoms with Crippen LogP contribution in [0.1, 0.15) is 18.5 Å². The first-order chi connectivity index (χ1) is 10.6. The molecule has 0 saturated heterocycles. The fraction of sp³-hybridized carbons (Fsp3) is 0.294. The highest BCUT2D eigenvalue weighted by atomic mass is 16.5. The molecule has 0 amide bonds. The van der Waals surface area contributed by atoms with E-state index in [1.807, 2.05) is 37.4 Å². The number of nitrogens with zero attached hydrogens (tertiary/aromatic N) is 3. The minimum absolute atomic E-state index is 0.123. The van der Waals surface area contributed by atoms with E-state index >= 15 is 0 Å². The lowest BCUT2D eigenvalue weighted by atomic mass is 10.2. The summed E-state index contributed by atoms with van der Waals surface area (Å²) in [7, 11) is 1.66. The average molecular weight is 296 g/mol. The van der Waals surface area contributed by atoms with Gasteiger partial charge in [0.25, 0.3) is 0 Å². The Bertz CT molecular complexity index is 792. The maximum Gasteiger partial charge on any atom is 0.160 e. The third kappa shape index (κ3) is 2.44. The summed E-state index contributed by atoms with van der Waals surface area (Å²) in [4.78, 5) is 9.32. The van der Waals surface area contributed by atoms with Crippen molar-refractivity contribution >= 4 is 11.2 Å². The van der Waals surface area contributed by atoms with Crippen molar-refractivity contribution in [3.8, 4) is 17.1 Å². The Labute approximate surface area is 129 Å². The Morgan fingerprint density at radius 3 is 2.64 bits per heavy atom. The SMILES string of the molecule is COc1ccc(-c2nc3cc(C)cnc3n2C(C)CN)cc1. The zero-order valence-corrected chi connectivity index (χ0v) is 13.1. The van der Waals surface area contributed by atoms with E-state index in [0.717, 1.165) is 33.9 Å². The number of imidazole rings is 1. The largest absolute Gasteiger partial charge is 0.497 e. The molecule has 2 heterocycles. The van der Waals surface area contributed by atoms with E-state index in [1.54, 1.807) is 7.11 Å². The molecule has 1 aromatic carbocycles. The Morgan fingerprint density at radius 2 is 2.00 bits per heavy atom. The minimum atomic E-state index is 0.123. The number of aromatic nitrogens is 3. The molecule has 0 spiro atoms. The highest BCUT2D eigenvalue weighted by Gasteiger charge is 2.17. The van der Waals surface area contributed by atoms with Gasteiger partial charge in [0.2, 0.25) is 0 Å². The van der Waals surface area contributed by atoms with Gasteiger partial charge in [0, 0.05) is 24.3 Å². The molecule has 0 bridgehead atoms. The van der Waals surface area contributed by atoms with Crippen molar-refractivity contribution in [2.75, 3.05) is 13.7 Å². The number of benzene rings is 1. The van der Waals surface area contributed by atoms with E-state index in [0.29, 0.717) is 6.54 Å². The first-order valence-electron chi connectivity index (χ1n) is 7.33. The molecule has 22 heavy (non-hydrogen) atoms. The van der Waals surface area contributed by atoms with Crippen molar-refractivity contribution in [2.24, 2.45) is 5.73 Å². The van der Waals surface area contributed by atoms with Crippen LogP contribution in [0.15, 0.2) is 36.5 Å². The van der Waals surface area contributed by atoms with Crippen LogP contribution < -0.4 is 10.5 Å². The van der Waals surface area contributed by atoms with Crippen molar-refractivity contribution in [2.45, 2.75) is 19.9 Å². The van der Waals surface area contributed by atoms with Gasteiger partial charge in [-0.1, -0.05) is 0 Å².